The van der Waals surface area contributed by atoms with E-state index in [1.807, 2.05) is 0 Å². The number of carbonyl (C=O) groups is 3. The van der Waals surface area contributed by atoms with Crippen LogP contribution in [0.25, 0.3) is 5.69 Å². The lowest BCUT2D eigenvalue weighted by Gasteiger charge is -2.25. The van der Waals surface area contributed by atoms with Crippen molar-refractivity contribution in [3.8, 4) is 5.69 Å². The van der Waals surface area contributed by atoms with Crippen molar-refractivity contribution in [2.24, 2.45) is 0 Å². The fraction of sp³-hybridized carbons (Fsp3) is 0.333. The van der Waals surface area contributed by atoms with Gasteiger partial charge in [0, 0.05) is 25.7 Å². The molecule has 0 saturated carbocycles. The highest BCUT2D eigenvalue weighted by atomic mass is 35.5. The fourth-order valence-corrected chi connectivity index (χ4v) is 2.77. The minimum Gasteiger partial charge on any atom is -0.480 e. The summed E-state index contributed by atoms with van der Waals surface area (Å²) in [6, 6.07) is 7.57. The number of rotatable bonds is 7. The van der Waals surface area contributed by atoms with Crippen molar-refractivity contribution in [1.82, 2.24) is 20.0 Å². The van der Waals surface area contributed by atoms with E-state index in [1.165, 1.54) is 18.5 Å². The summed E-state index contributed by atoms with van der Waals surface area (Å²) in [5.74, 6) is -1.94. The first kappa shape index (κ1) is 20.4. The molecule has 0 spiro atoms. The number of carboxylic acids is 1. The van der Waals surface area contributed by atoms with Gasteiger partial charge in [0.15, 0.2) is 5.69 Å². The Labute approximate surface area is 161 Å². The van der Waals surface area contributed by atoms with Crippen LogP contribution in [0.2, 0.25) is 5.02 Å². The van der Waals surface area contributed by atoms with Gasteiger partial charge < -0.3 is 15.3 Å². The molecule has 1 atom stereocenters. The summed E-state index contributed by atoms with van der Waals surface area (Å²) in [5.41, 5.74) is 1.39. The zero-order valence-electron chi connectivity index (χ0n) is 15.3. The zero-order chi connectivity index (χ0) is 20.1. The van der Waals surface area contributed by atoms with E-state index < -0.39 is 17.9 Å². The molecule has 2 aromatic rings. The Hall–Kier alpha value is -2.87. The lowest BCUT2D eigenvalue weighted by Crippen LogP contribution is -2.46. The number of halogens is 1. The molecule has 1 aromatic heterocycles. The van der Waals surface area contributed by atoms with Crippen molar-refractivity contribution in [3.63, 3.8) is 0 Å². The van der Waals surface area contributed by atoms with Gasteiger partial charge in [-0.2, -0.15) is 5.10 Å². The van der Waals surface area contributed by atoms with E-state index in [2.05, 4.69) is 10.4 Å². The van der Waals surface area contributed by atoms with Crippen LogP contribution in [0, 0.1) is 6.92 Å². The second kappa shape index (κ2) is 8.68. The van der Waals surface area contributed by atoms with E-state index in [0.29, 0.717) is 16.4 Å². The number of hydrogen-bond donors (Lipinski definition) is 2. The predicted molar refractivity (Wildman–Crippen MR) is 100 cm³/mol. The molecule has 9 heteroatoms. The minimum absolute atomic E-state index is 0.0455. The van der Waals surface area contributed by atoms with Gasteiger partial charge in [-0.05, 0) is 32.0 Å². The second-order valence-electron chi connectivity index (χ2n) is 6.03. The number of amides is 2. The number of hydrogen-bond acceptors (Lipinski definition) is 4. The van der Waals surface area contributed by atoms with E-state index in [9.17, 15) is 19.5 Å². The Morgan fingerprint density at radius 1 is 1.33 bits per heavy atom. The van der Waals surface area contributed by atoms with Crippen LogP contribution in [0.3, 0.4) is 0 Å². The summed E-state index contributed by atoms with van der Waals surface area (Å²) in [7, 11) is 0. The molecule has 2 amide bonds. The van der Waals surface area contributed by atoms with E-state index in [1.54, 1.807) is 37.3 Å². The number of nitrogens with zero attached hydrogens (tertiary/aromatic N) is 3. The molecule has 8 nitrogen and oxygen atoms in total. The topological polar surface area (TPSA) is 105 Å². The van der Waals surface area contributed by atoms with Crippen LogP contribution in [0.5, 0.6) is 0 Å². The summed E-state index contributed by atoms with van der Waals surface area (Å²) >= 11 is 6.20. The average molecular weight is 393 g/mol. The lowest BCUT2D eigenvalue weighted by atomic mass is 10.2. The minimum atomic E-state index is -1.14. The Bertz CT molecular complexity index is 865. The largest absolute Gasteiger partial charge is 0.480 e. The van der Waals surface area contributed by atoms with Crippen LogP contribution in [0.4, 0.5) is 0 Å². The first-order valence-corrected chi connectivity index (χ1v) is 8.70. The highest BCUT2D eigenvalue weighted by molar-refractivity contribution is 6.32. The second-order valence-corrected chi connectivity index (χ2v) is 6.44. The third kappa shape index (κ3) is 4.85. The van der Waals surface area contributed by atoms with E-state index in [-0.39, 0.29) is 24.7 Å². The zero-order valence-corrected chi connectivity index (χ0v) is 16.0. The van der Waals surface area contributed by atoms with E-state index in [4.69, 9.17) is 11.6 Å². The van der Waals surface area contributed by atoms with E-state index in [0.717, 1.165) is 4.90 Å². The number of carboxylic acid groups (broad SMARTS) is 1. The molecule has 0 bridgehead atoms. The molecule has 0 aliphatic heterocycles. The molecule has 1 unspecified atom stereocenters. The van der Waals surface area contributed by atoms with Crippen LogP contribution in [-0.4, -0.2) is 56.7 Å². The number of carbonyl (C=O) groups excluding carboxylic acids is 2. The maximum Gasteiger partial charge on any atom is 0.326 e. The van der Waals surface area contributed by atoms with Crippen LogP contribution in [-0.2, 0) is 9.59 Å². The fourth-order valence-electron chi connectivity index (χ4n) is 2.55. The Kier molecular flexibility index (Phi) is 6.57. The smallest absolute Gasteiger partial charge is 0.326 e. The van der Waals surface area contributed by atoms with Crippen LogP contribution in [0.15, 0.2) is 30.3 Å². The number of aliphatic carboxylic acids is 1. The van der Waals surface area contributed by atoms with E-state index >= 15 is 0 Å². The molecule has 1 aromatic carbocycles. The van der Waals surface area contributed by atoms with Gasteiger partial charge in [0.2, 0.25) is 5.91 Å². The molecule has 2 rings (SSSR count). The highest BCUT2D eigenvalue weighted by Gasteiger charge is 2.28. The van der Waals surface area contributed by atoms with Gasteiger partial charge in [-0.25, -0.2) is 9.48 Å². The van der Waals surface area contributed by atoms with Crippen LogP contribution in [0.1, 0.15) is 30.0 Å². The molecular weight excluding hydrogens is 372 g/mol. The normalized spacial score (nSPS) is 11.7. The summed E-state index contributed by atoms with van der Waals surface area (Å²) in [4.78, 5) is 36.5. The summed E-state index contributed by atoms with van der Waals surface area (Å²) < 4.78 is 1.53. The van der Waals surface area contributed by atoms with Crippen molar-refractivity contribution in [1.29, 1.82) is 0 Å². The maximum atomic E-state index is 12.9. The van der Waals surface area contributed by atoms with Crippen molar-refractivity contribution in [3.05, 3.63) is 46.7 Å². The van der Waals surface area contributed by atoms with Gasteiger partial charge in [-0.15, -0.1) is 0 Å². The third-order valence-corrected chi connectivity index (χ3v) is 4.32. The van der Waals surface area contributed by atoms with Gasteiger partial charge in [0.1, 0.15) is 6.04 Å². The van der Waals surface area contributed by atoms with Gasteiger partial charge in [-0.1, -0.05) is 23.7 Å². The Morgan fingerprint density at radius 2 is 2.00 bits per heavy atom. The maximum absolute atomic E-state index is 12.9. The van der Waals surface area contributed by atoms with Crippen molar-refractivity contribution in [2.75, 3.05) is 13.1 Å². The number of aryl methyl sites for hydroxylation is 1. The lowest BCUT2D eigenvalue weighted by molar-refractivity contribution is -0.141. The Morgan fingerprint density at radius 3 is 2.59 bits per heavy atom. The quantitative estimate of drug-likeness (QED) is 0.748. The number of aromatic nitrogens is 2. The predicted octanol–water partition coefficient (Wildman–Crippen LogP) is 1.89. The van der Waals surface area contributed by atoms with Crippen molar-refractivity contribution < 1.29 is 19.5 Å². The molecular formula is C18H21ClN4O4. The third-order valence-electron chi connectivity index (χ3n) is 4.00. The monoisotopic (exact) mass is 392 g/mol. The molecule has 0 fully saturated rings. The van der Waals surface area contributed by atoms with Crippen molar-refractivity contribution in [2.45, 2.75) is 26.8 Å². The first-order chi connectivity index (χ1) is 12.7. The van der Waals surface area contributed by atoms with Gasteiger partial charge in [-0.3, -0.25) is 9.59 Å². The first-order valence-electron chi connectivity index (χ1n) is 8.32. The van der Waals surface area contributed by atoms with Gasteiger partial charge in [0.05, 0.1) is 10.7 Å². The molecule has 2 N–H and O–H groups in total. The van der Waals surface area contributed by atoms with Gasteiger partial charge >= 0.3 is 5.97 Å². The molecule has 0 aliphatic carbocycles. The van der Waals surface area contributed by atoms with Crippen LogP contribution >= 0.6 is 11.6 Å². The summed E-state index contributed by atoms with van der Waals surface area (Å²) in [6.45, 7) is 4.72. The summed E-state index contributed by atoms with van der Waals surface area (Å²) in [5, 5.41) is 16.6. The molecule has 0 saturated heterocycles. The molecule has 1 heterocycles. The Balaban J connectivity index is 2.32. The number of nitrogens with one attached hydrogen (secondary N) is 1. The summed E-state index contributed by atoms with van der Waals surface area (Å²) in [6.07, 6.45) is 0. The molecule has 0 radical (unpaired) electrons. The number of benzene rings is 1. The highest BCUT2D eigenvalue weighted by Crippen LogP contribution is 2.21. The number of para-hydroxylation sites is 1. The van der Waals surface area contributed by atoms with Crippen molar-refractivity contribution >= 4 is 29.4 Å². The SMILES string of the molecule is CC(=O)NCCN(C(=O)c1cc(C)n(-c2ccccc2Cl)n1)C(C)C(=O)O. The standard InChI is InChI=1S/C18H21ClN4O4/c1-11-10-15(21-23(11)16-7-5-4-6-14(16)19)17(25)22(12(2)18(26)27)9-8-20-13(3)24/h4-7,10,12H,8-9H2,1-3H3,(H,20,24)(H,26,27). The average Bonchev–Trinajstić information content (AvgIpc) is 2.99. The van der Waals surface area contributed by atoms with Gasteiger partial charge in [0.25, 0.3) is 5.91 Å². The molecule has 27 heavy (non-hydrogen) atoms. The van der Waals surface area contributed by atoms with Crippen LogP contribution < -0.4 is 5.32 Å². The molecule has 144 valence electrons. The molecule has 0 aliphatic rings.